The molecular formula is C18H31N3. The molecule has 0 saturated heterocycles. The molecule has 1 aromatic rings. The van der Waals surface area contributed by atoms with Crippen LogP contribution in [0.1, 0.15) is 64.5 Å². The molecule has 3 heteroatoms. The van der Waals surface area contributed by atoms with E-state index in [1.807, 2.05) is 13.2 Å². The van der Waals surface area contributed by atoms with Crippen molar-refractivity contribution in [2.45, 2.75) is 65.0 Å². The second-order valence-corrected chi connectivity index (χ2v) is 6.77. The molecule has 0 aromatic carbocycles. The van der Waals surface area contributed by atoms with E-state index in [9.17, 15) is 0 Å². The zero-order valence-electron chi connectivity index (χ0n) is 14.1. The lowest BCUT2D eigenvalue weighted by molar-refractivity contribution is 0.524. The Bertz CT molecular complexity index is 407. The van der Waals surface area contributed by atoms with Gasteiger partial charge in [0.1, 0.15) is 5.82 Å². The number of anilines is 1. The van der Waals surface area contributed by atoms with Crippen LogP contribution in [0.2, 0.25) is 0 Å². The van der Waals surface area contributed by atoms with Gasteiger partial charge in [-0.1, -0.05) is 32.8 Å². The van der Waals surface area contributed by atoms with Gasteiger partial charge in [0.15, 0.2) is 0 Å². The van der Waals surface area contributed by atoms with Crippen molar-refractivity contribution in [3.05, 3.63) is 23.9 Å². The minimum Gasteiger partial charge on any atom is -0.354 e. The first-order valence-corrected chi connectivity index (χ1v) is 8.51. The Morgan fingerprint density at radius 2 is 1.95 bits per heavy atom. The smallest absolute Gasteiger partial charge is 0.128 e. The van der Waals surface area contributed by atoms with Crippen molar-refractivity contribution in [1.29, 1.82) is 0 Å². The van der Waals surface area contributed by atoms with E-state index in [2.05, 4.69) is 43.1 Å². The van der Waals surface area contributed by atoms with Gasteiger partial charge >= 0.3 is 0 Å². The molecule has 1 unspecified atom stereocenters. The normalized spacial score (nSPS) is 17.4. The van der Waals surface area contributed by atoms with E-state index in [1.54, 1.807) is 0 Å². The number of aromatic nitrogens is 1. The Kier molecular flexibility index (Phi) is 6.04. The molecule has 0 amide bonds. The third kappa shape index (κ3) is 4.44. The van der Waals surface area contributed by atoms with Crippen molar-refractivity contribution in [3.8, 4) is 0 Å². The molecule has 1 aliphatic rings. The van der Waals surface area contributed by atoms with E-state index in [-0.39, 0.29) is 0 Å². The van der Waals surface area contributed by atoms with Crippen molar-refractivity contribution < 1.29 is 0 Å². The molecule has 1 N–H and O–H groups in total. The number of nitrogens with one attached hydrogen (secondary N) is 1. The fraction of sp³-hybridized carbons (Fsp3) is 0.722. The van der Waals surface area contributed by atoms with Crippen LogP contribution in [0, 0.1) is 5.92 Å². The number of hydrogen-bond donors (Lipinski definition) is 1. The van der Waals surface area contributed by atoms with Crippen LogP contribution in [0.3, 0.4) is 0 Å². The first-order chi connectivity index (χ1) is 10.1. The molecule has 3 nitrogen and oxygen atoms in total. The van der Waals surface area contributed by atoms with Gasteiger partial charge in [-0.15, -0.1) is 0 Å². The van der Waals surface area contributed by atoms with Crippen molar-refractivity contribution >= 4 is 5.82 Å². The fourth-order valence-corrected chi connectivity index (χ4v) is 3.09. The zero-order chi connectivity index (χ0) is 15.2. The predicted molar refractivity (Wildman–Crippen MR) is 90.8 cm³/mol. The third-order valence-corrected chi connectivity index (χ3v) is 4.71. The molecule has 21 heavy (non-hydrogen) atoms. The Labute approximate surface area is 130 Å². The number of pyridine rings is 1. The molecule has 2 rings (SSSR count). The summed E-state index contributed by atoms with van der Waals surface area (Å²) in [4.78, 5) is 7.31. The van der Waals surface area contributed by atoms with Crippen LogP contribution < -0.4 is 10.2 Å². The fourth-order valence-electron chi connectivity index (χ4n) is 3.09. The summed E-state index contributed by atoms with van der Waals surface area (Å²) in [6.45, 7) is 7.91. The lowest BCUT2D eigenvalue weighted by atomic mass is 10.1. The van der Waals surface area contributed by atoms with Gasteiger partial charge in [0.25, 0.3) is 0 Å². The van der Waals surface area contributed by atoms with Crippen LogP contribution >= 0.6 is 0 Å². The molecule has 0 aliphatic heterocycles. The van der Waals surface area contributed by atoms with E-state index in [0.29, 0.717) is 12.1 Å². The molecule has 0 bridgehead atoms. The van der Waals surface area contributed by atoms with Gasteiger partial charge in [0.2, 0.25) is 0 Å². The minimum absolute atomic E-state index is 0.363. The predicted octanol–water partition coefficient (Wildman–Crippen LogP) is 4.16. The summed E-state index contributed by atoms with van der Waals surface area (Å²) in [5.41, 5.74) is 1.26. The zero-order valence-corrected chi connectivity index (χ0v) is 14.1. The van der Waals surface area contributed by atoms with E-state index in [1.165, 1.54) is 37.7 Å². The highest BCUT2D eigenvalue weighted by Crippen LogP contribution is 2.28. The first-order valence-electron chi connectivity index (χ1n) is 8.51. The van der Waals surface area contributed by atoms with Crippen molar-refractivity contribution in [2.75, 3.05) is 18.5 Å². The van der Waals surface area contributed by atoms with Crippen molar-refractivity contribution in [1.82, 2.24) is 10.3 Å². The van der Waals surface area contributed by atoms with Crippen LogP contribution in [0.25, 0.3) is 0 Å². The molecule has 118 valence electrons. The summed E-state index contributed by atoms with van der Waals surface area (Å²) in [5.74, 6) is 1.91. The molecule has 1 saturated carbocycles. The van der Waals surface area contributed by atoms with E-state index in [4.69, 9.17) is 4.98 Å². The van der Waals surface area contributed by atoms with Crippen LogP contribution in [0.5, 0.6) is 0 Å². The molecular weight excluding hydrogens is 258 g/mol. The number of rotatable bonds is 7. The first kappa shape index (κ1) is 16.3. The Balaban J connectivity index is 2.11. The quantitative estimate of drug-likeness (QED) is 0.817. The molecule has 0 spiro atoms. The van der Waals surface area contributed by atoms with Gasteiger partial charge in [0, 0.05) is 24.8 Å². The van der Waals surface area contributed by atoms with Crippen molar-refractivity contribution in [2.24, 2.45) is 5.92 Å². The van der Waals surface area contributed by atoms with Crippen molar-refractivity contribution in [3.63, 3.8) is 0 Å². The Morgan fingerprint density at radius 3 is 2.48 bits per heavy atom. The largest absolute Gasteiger partial charge is 0.354 e. The van der Waals surface area contributed by atoms with Gasteiger partial charge in [-0.25, -0.2) is 4.98 Å². The maximum atomic E-state index is 4.76. The second kappa shape index (κ2) is 7.79. The maximum Gasteiger partial charge on any atom is 0.128 e. The van der Waals surface area contributed by atoms with Gasteiger partial charge < -0.3 is 10.2 Å². The molecule has 1 atom stereocenters. The summed E-state index contributed by atoms with van der Waals surface area (Å²) >= 11 is 0. The van der Waals surface area contributed by atoms with Crippen LogP contribution in [0.15, 0.2) is 18.3 Å². The second-order valence-electron chi connectivity index (χ2n) is 6.77. The summed E-state index contributed by atoms with van der Waals surface area (Å²) in [5, 5.41) is 3.27. The minimum atomic E-state index is 0.363. The Morgan fingerprint density at radius 1 is 1.24 bits per heavy atom. The summed E-state index contributed by atoms with van der Waals surface area (Å²) in [6, 6.07) is 5.49. The molecule has 0 radical (unpaired) electrons. The lowest BCUT2D eigenvalue weighted by Gasteiger charge is -2.31. The van der Waals surface area contributed by atoms with Gasteiger partial charge in [0.05, 0.1) is 0 Å². The Hall–Kier alpha value is -1.09. The molecule has 1 aliphatic carbocycles. The monoisotopic (exact) mass is 289 g/mol. The summed E-state index contributed by atoms with van der Waals surface area (Å²) in [6.07, 6.45) is 8.68. The van der Waals surface area contributed by atoms with Gasteiger partial charge in [-0.05, 0) is 50.8 Å². The standard InChI is InChI=1S/C18H31N3/c1-14(2)11-12-21(17-7-5-6-8-17)18-10-9-16(13-20-18)15(3)19-4/h9-10,13-15,17,19H,5-8,11-12H2,1-4H3. The van der Waals surface area contributed by atoms with Gasteiger partial charge in [-0.2, -0.15) is 0 Å². The SMILES string of the molecule is CNC(C)c1ccc(N(CCC(C)C)C2CCCC2)nc1. The molecule has 1 heterocycles. The number of hydrogen-bond acceptors (Lipinski definition) is 3. The third-order valence-electron chi connectivity index (χ3n) is 4.71. The molecule has 1 fully saturated rings. The average molecular weight is 289 g/mol. The highest BCUT2D eigenvalue weighted by Gasteiger charge is 2.23. The summed E-state index contributed by atoms with van der Waals surface area (Å²) < 4.78 is 0. The van der Waals surface area contributed by atoms with E-state index >= 15 is 0 Å². The highest BCUT2D eigenvalue weighted by molar-refractivity contribution is 5.41. The van der Waals surface area contributed by atoms with Crippen LogP contribution in [-0.4, -0.2) is 24.6 Å². The average Bonchev–Trinajstić information content (AvgIpc) is 3.01. The van der Waals surface area contributed by atoms with Gasteiger partial charge in [-0.3, -0.25) is 0 Å². The lowest BCUT2D eigenvalue weighted by Crippen LogP contribution is -2.35. The van der Waals surface area contributed by atoms with Crippen LogP contribution in [-0.2, 0) is 0 Å². The van der Waals surface area contributed by atoms with Crippen LogP contribution in [0.4, 0.5) is 5.82 Å². The molecule has 1 aromatic heterocycles. The summed E-state index contributed by atoms with van der Waals surface area (Å²) in [7, 11) is 1.99. The maximum absolute atomic E-state index is 4.76. The number of nitrogens with zero attached hydrogens (tertiary/aromatic N) is 2. The topological polar surface area (TPSA) is 28.2 Å². The highest BCUT2D eigenvalue weighted by atomic mass is 15.2. The van der Waals surface area contributed by atoms with E-state index < -0.39 is 0 Å². The van der Waals surface area contributed by atoms with E-state index in [0.717, 1.165) is 18.3 Å².